The van der Waals surface area contributed by atoms with Crippen LogP contribution in [0.5, 0.6) is 5.75 Å². The van der Waals surface area contributed by atoms with Crippen LogP contribution >= 0.6 is 0 Å². The number of carbonyl (C=O) groups excluding carboxylic acids is 2. The minimum Gasteiger partial charge on any atom is -0.484 e. The molecule has 26 heavy (non-hydrogen) atoms. The number of carbonyl (C=O) groups is 2. The number of hydrogen-bond acceptors (Lipinski definition) is 5. The number of ether oxygens (including phenoxy) is 3. The van der Waals surface area contributed by atoms with Gasteiger partial charge in [-0.05, 0) is 61.4 Å². The van der Waals surface area contributed by atoms with Gasteiger partial charge in [-0.3, -0.25) is 4.79 Å². The van der Waals surface area contributed by atoms with Crippen LogP contribution in [0.15, 0.2) is 42.5 Å². The molecule has 2 aromatic rings. The largest absolute Gasteiger partial charge is 0.484 e. The smallest absolute Gasteiger partial charge is 0.338 e. The Morgan fingerprint density at radius 1 is 0.962 bits per heavy atom. The lowest BCUT2D eigenvalue weighted by molar-refractivity contribution is -0.118. The first-order valence-electron chi connectivity index (χ1n) is 8.25. The summed E-state index contributed by atoms with van der Waals surface area (Å²) in [6.07, 6.45) is 0. The third-order valence-corrected chi connectivity index (χ3v) is 3.49. The molecule has 0 saturated carbocycles. The Hall–Kier alpha value is -2.86. The fraction of sp³-hybridized carbons (Fsp3) is 0.300. The first-order chi connectivity index (χ1) is 12.5. The molecule has 6 nitrogen and oxygen atoms in total. The van der Waals surface area contributed by atoms with Crippen molar-refractivity contribution in [2.45, 2.75) is 13.8 Å². The highest BCUT2D eigenvalue weighted by Crippen LogP contribution is 2.16. The third-order valence-electron chi connectivity index (χ3n) is 3.49. The molecule has 0 saturated heterocycles. The highest BCUT2D eigenvalue weighted by Gasteiger charge is 2.08. The zero-order valence-corrected chi connectivity index (χ0v) is 15.2. The first kappa shape index (κ1) is 19.5. The summed E-state index contributed by atoms with van der Waals surface area (Å²) in [7, 11) is 1.54. The monoisotopic (exact) mass is 357 g/mol. The summed E-state index contributed by atoms with van der Waals surface area (Å²) in [6, 6.07) is 12.3. The van der Waals surface area contributed by atoms with E-state index in [4.69, 9.17) is 14.2 Å². The number of methoxy groups -OCH3 is 1. The lowest BCUT2D eigenvalue weighted by Gasteiger charge is -2.09. The van der Waals surface area contributed by atoms with Crippen molar-refractivity contribution in [3.63, 3.8) is 0 Å². The lowest BCUT2D eigenvalue weighted by atomic mass is 10.1. The summed E-state index contributed by atoms with van der Waals surface area (Å²) < 4.78 is 15.4. The molecular weight excluding hydrogens is 334 g/mol. The Balaban J connectivity index is 1.84. The van der Waals surface area contributed by atoms with Crippen molar-refractivity contribution >= 4 is 17.6 Å². The molecule has 0 spiro atoms. The fourth-order valence-electron chi connectivity index (χ4n) is 2.35. The van der Waals surface area contributed by atoms with Gasteiger partial charge in [-0.2, -0.15) is 0 Å². The van der Waals surface area contributed by atoms with Gasteiger partial charge in [0.1, 0.15) is 12.4 Å². The van der Waals surface area contributed by atoms with E-state index < -0.39 is 5.97 Å². The number of rotatable bonds is 8. The number of benzene rings is 2. The van der Waals surface area contributed by atoms with Gasteiger partial charge < -0.3 is 19.5 Å². The molecule has 0 aromatic heterocycles. The number of hydrogen-bond donors (Lipinski definition) is 1. The zero-order valence-electron chi connectivity index (χ0n) is 15.2. The van der Waals surface area contributed by atoms with Crippen molar-refractivity contribution in [1.82, 2.24) is 0 Å². The molecule has 0 unspecified atom stereocenters. The van der Waals surface area contributed by atoms with Gasteiger partial charge in [-0.15, -0.1) is 0 Å². The third kappa shape index (κ3) is 6.22. The van der Waals surface area contributed by atoms with E-state index in [-0.39, 0.29) is 19.1 Å². The van der Waals surface area contributed by atoms with Crippen molar-refractivity contribution < 1.29 is 23.8 Å². The summed E-state index contributed by atoms with van der Waals surface area (Å²) >= 11 is 0. The first-order valence-corrected chi connectivity index (χ1v) is 8.25. The van der Waals surface area contributed by atoms with Crippen LogP contribution in [0.3, 0.4) is 0 Å². The Morgan fingerprint density at radius 3 is 2.23 bits per heavy atom. The van der Waals surface area contributed by atoms with Gasteiger partial charge in [0.15, 0.2) is 6.61 Å². The average molecular weight is 357 g/mol. The molecule has 0 aliphatic carbocycles. The molecule has 138 valence electrons. The van der Waals surface area contributed by atoms with Crippen LogP contribution in [0.25, 0.3) is 0 Å². The molecule has 0 heterocycles. The molecule has 0 aliphatic heterocycles. The van der Waals surface area contributed by atoms with Crippen molar-refractivity contribution in [2.24, 2.45) is 0 Å². The Bertz CT molecular complexity index is 735. The molecule has 1 N–H and O–H groups in total. The molecule has 0 bridgehead atoms. The van der Waals surface area contributed by atoms with Gasteiger partial charge in [-0.25, -0.2) is 4.79 Å². The van der Waals surface area contributed by atoms with Crippen LogP contribution in [-0.4, -0.2) is 38.8 Å². The summed E-state index contributed by atoms with van der Waals surface area (Å²) in [5, 5.41) is 2.72. The van der Waals surface area contributed by atoms with E-state index in [1.807, 2.05) is 32.0 Å². The second-order valence-corrected chi connectivity index (χ2v) is 5.87. The van der Waals surface area contributed by atoms with Crippen LogP contribution in [0.1, 0.15) is 21.5 Å². The summed E-state index contributed by atoms with van der Waals surface area (Å²) in [5.41, 5.74) is 3.14. The predicted molar refractivity (Wildman–Crippen MR) is 98.6 cm³/mol. The molecular formula is C20H23NO5. The number of aryl methyl sites for hydroxylation is 2. The van der Waals surface area contributed by atoms with Gasteiger partial charge in [-0.1, -0.05) is 6.07 Å². The van der Waals surface area contributed by atoms with Crippen LogP contribution in [0, 0.1) is 13.8 Å². The normalized spacial score (nSPS) is 10.3. The highest BCUT2D eigenvalue weighted by molar-refractivity contribution is 5.93. The highest BCUT2D eigenvalue weighted by atomic mass is 16.6. The summed E-state index contributed by atoms with van der Waals surface area (Å²) in [4.78, 5) is 23.8. The Morgan fingerprint density at radius 2 is 1.62 bits per heavy atom. The molecule has 0 atom stereocenters. The van der Waals surface area contributed by atoms with E-state index in [1.165, 1.54) is 7.11 Å². The van der Waals surface area contributed by atoms with Crippen molar-refractivity contribution in [3.8, 4) is 5.75 Å². The van der Waals surface area contributed by atoms with Crippen LogP contribution in [-0.2, 0) is 14.3 Å². The second kappa shape index (κ2) is 9.58. The topological polar surface area (TPSA) is 73.9 Å². The molecule has 2 aromatic carbocycles. The summed E-state index contributed by atoms with van der Waals surface area (Å²) in [6.45, 7) is 4.40. The van der Waals surface area contributed by atoms with Crippen molar-refractivity contribution in [3.05, 3.63) is 59.2 Å². The zero-order chi connectivity index (χ0) is 18.9. The van der Waals surface area contributed by atoms with Gasteiger partial charge in [0.2, 0.25) is 0 Å². The molecule has 0 aliphatic rings. The van der Waals surface area contributed by atoms with Crippen molar-refractivity contribution in [1.29, 1.82) is 0 Å². The maximum Gasteiger partial charge on any atom is 0.338 e. The maximum absolute atomic E-state index is 12.0. The molecule has 2 rings (SSSR count). The van der Waals surface area contributed by atoms with E-state index in [9.17, 15) is 9.59 Å². The van der Waals surface area contributed by atoms with Gasteiger partial charge >= 0.3 is 5.97 Å². The number of nitrogens with one attached hydrogen (secondary N) is 1. The predicted octanol–water partition coefficient (Wildman–Crippen LogP) is 3.12. The Labute approximate surface area is 153 Å². The van der Waals surface area contributed by atoms with Gasteiger partial charge in [0.05, 0.1) is 12.2 Å². The quantitative estimate of drug-likeness (QED) is 0.580. The number of amides is 1. The van der Waals surface area contributed by atoms with Gasteiger partial charge in [0, 0.05) is 12.8 Å². The van der Waals surface area contributed by atoms with Crippen LogP contribution < -0.4 is 10.1 Å². The average Bonchev–Trinajstić information content (AvgIpc) is 2.60. The fourth-order valence-corrected chi connectivity index (χ4v) is 2.35. The SMILES string of the molecule is COCCOC(=O)c1ccc(NC(=O)COc2cc(C)cc(C)c2)cc1. The van der Waals surface area contributed by atoms with Crippen molar-refractivity contribution in [2.75, 3.05) is 32.2 Å². The Kier molecular flexibility index (Phi) is 7.17. The molecule has 1 amide bonds. The minimum atomic E-state index is -0.432. The minimum absolute atomic E-state index is 0.0935. The van der Waals surface area contributed by atoms with Crippen LogP contribution in [0.4, 0.5) is 5.69 Å². The van der Waals surface area contributed by atoms with E-state index in [1.54, 1.807) is 24.3 Å². The molecule has 0 radical (unpaired) electrons. The van der Waals surface area contributed by atoms with Gasteiger partial charge in [0.25, 0.3) is 5.91 Å². The van der Waals surface area contributed by atoms with E-state index in [0.717, 1.165) is 11.1 Å². The standard InChI is InChI=1S/C20H23NO5/c1-14-10-15(2)12-18(11-14)26-13-19(22)21-17-6-4-16(5-7-17)20(23)25-9-8-24-3/h4-7,10-12H,8-9,13H2,1-3H3,(H,21,22). The number of anilines is 1. The second-order valence-electron chi connectivity index (χ2n) is 5.87. The van der Waals surface area contributed by atoms with E-state index in [2.05, 4.69) is 5.32 Å². The number of esters is 1. The van der Waals surface area contributed by atoms with Crippen LogP contribution in [0.2, 0.25) is 0 Å². The lowest BCUT2D eigenvalue weighted by Crippen LogP contribution is -2.20. The van der Waals surface area contributed by atoms with E-state index >= 15 is 0 Å². The summed E-state index contributed by atoms with van der Waals surface area (Å²) in [5.74, 6) is -0.0514. The maximum atomic E-state index is 12.0. The molecule has 6 heteroatoms. The van der Waals surface area contributed by atoms with E-state index in [0.29, 0.717) is 23.6 Å². The molecule has 0 fully saturated rings.